The molecule has 0 aliphatic carbocycles. The number of benzene rings is 2. The Balaban J connectivity index is 2.17. The number of nitrogens with one attached hydrogen (secondary N) is 1. The van der Waals surface area contributed by atoms with Gasteiger partial charge >= 0.3 is 6.18 Å². The van der Waals surface area contributed by atoms with Crippen molar-refractivity contribution in [2.24, 2.45) is 0 Å². The number of alkyl halides is 3. The first-order valence-electron chi connectivity index (χ1n) is 8.33. The van der Waals surface area contributed by atoms with Crippen LogP contribution in [0.3, 0.4) is 0 Å². The van der Waals surface area contributed by atoms with Crippen LogP contribution in [0.15, 0.2) is 42.5 Å². The molecule has 1 N–H and O–H groups in total. The molecule has 0 heterocycles. The first-order chi connectivity index (χ1) is 13.1. The normalized spacial score (nSPS) is 11.2. The zero-order valence-electron chi connectivity index (χ0n) is 14.8. The fraction of sp³-hybridized carbons (Fsp3) is 0.263. The summed E-state index contributed by atoms with van der Waals surface area (Å²) in [6, 6.07) is 8.63. The zero-order valence-corrected chi connectivity index (χ0v) is 16.3. The van der Waals surface area contributed by atoms with Gasteiger partial charge in [-0.3, -0.25) is 9.59 Å². The summed E-state index contributed by atoms with van der Waals surface area (Å²) in [6.45, 7) is 1.65. The van der Waals surface area contributed by atoms with Crippen molar-refractivity contribution in [3.05, 3.63) is 63.6 Å². The van der Waals surface area contributed by atoms with Gasteiger partial charge in [-0.15, -0.1) is 0 Å². The minimum Gasteiger partial charge on any atom is -0.329 e. The van der Waals surface area contributed by atoms with Gasteiger partial charge in [-0.25, -0.2) is 0 Å². The second-order valence-corrected chi connectivity index (χ2v) is 6.82. The molecule has 2 amide bonds. The summed E-state index contributed by atoms with van der Waals surface area (Å²) in [5.41, 5.74) is -0.788. The molecule has 2 aromatic carbocycles. The maximum atomic E-state index is 12.9. The average molecular weight is 433 g/mol. The summed E-state index contributed by atoms with van der Waals surface area (Å²) in [6.07, 6.45) is -4.04. The summed E-state index contributed by atoms with van der Waals surface area (Å²) < 4.78 is 38.7. The Kier molecular flexibility index (Phi) is 7.32. The maximum Gasteiger partial charge on any atom is 0.416 e. The van der Waals surface area contributed by atoms with Crippen LogP contribution in [0, 0.1) is 0 Å². The van der Waals surface area contributed by atoms with Crippen LogP contribution >= 0.6 is 23.2 Å². The highest BCUT2D eigenvalue weighted by atomic mass is 35.5. The summed E-state index contributed by atoms with van der Waals surface area (Å²) >= 11 is 11.9. The Morgan fingerprint density at radius 3 is 2.46 bits per heavy atom. The molecule has 0 spiro atoms. The second-order valence-electron chi connectivity index (χ2n) is 5.98. The molecule has 0 atom stereocenters. The van der Waals surface area contributed by atoms with Crippen LogP contribution in [0.4, 0.5) is 18.9 Å². The lowest BCUT2D eigenvalue weighted by Crippen LogP contribution is -2.38. The molecule has 0 aromatic heterocycles. The van der Waals surface area contributed by atoms with E-state index < -0.39 is 23.6 Å². The summed E-state index contributed by atoms with van der Waals surface area (Å²) in [4.78, 5) is 26.2. The smallest absolute Gasteiger partial charge is 0.329 e. The zero-order chi connectivity index (χ0) is 20.9. The fourth-order valence-electron chi connectivity index (χ4n) is 2.49. The van der Waals surface area contributed by atoms with Crippen molar-refractivity contribution in [1.29, 1.82) is 0 Å². The summed E-state index contributed by atoms with van der Waals surface area (Å²) in [7, 11) is 0. The molecule has 0 radical (unpaired) electrons. The van der Waals surface area contributed by atoms with Crippen molar-refractivity contribution in [1.82, 2.24) is 4.90 Å². The molecule has 0 bridgehead atoms. The van der Waals surface area contributed by atoms with E-state index in [4.69, 9.17) is 23.2 Å². The van der Waals surface area contributed by atoms with E-state index in [1.54, 1.807) is 13.0 Å². The third-order valence-corrected chi connectivity index (χ3v) is 4.32. The number of rotatable bonds is 6. The molecule has 9 heteroatoms. The number of nitrogens with zero attached hydrogens (tertiary/aromatic N) is 1. The van der Waals surface area contributed by atoms with Gasteiger partial charge in [0.2, 0.25) is 5.91 Å². The van der Waals surface area contributed by atoms with Crippen molar-refractivity contribution < 1.29 is 22.8 Å². The lowest BCUT2D eigenvalue weighted by Gasteiger charge is -2.22. The van der Waals surface area contributed by atoms with Crippen LogP contribution in [-0.2, 0) is 11.0 Å². The molecule has 0 aliphatic heterocycles. The van der Waals surface area contributed by atoms with Crippen LogP contribution in [-0.4, -0.2) is 29.8 Å². The molecular weight excluding hydrogens is 416 g/mol. The summed E-state index contributed by atoms with van der Waals surface area (Å²) in [5, 5.41) is 3.19. The quantitative estimate of drug-likeness (QED) is 0.654. The SMILES string of the molecule is CCCN(CC(=O)Nc1cc(Cl)ccc1Cl)C(=O)c1cccc(C(F)(F)F)c1. The molecular formula is C19H17Cl2F3N2O2. The predicted octanol–water partition coefficient (Wildman–Crippen LogP) is 5.50. The van der Waals surface area contributed by atoms with Crippen LogP contribution in [0.2, 0.25) is 10.0 Å². The number of carbonyl (C=O) groups is 2. The van der Waals surface area contributed by atoms with Gasteiger partial charge in [-0.05, 0) is 42.8 Å². The van der Waals surface area contributed by atoms with E-state index in [1.807, 2.05) is 0 Å². The van der Waals surface area contributed by atoms with Gasteiger partial charge in [0.25, 0.3) is 5.91 Å². The lowest BCUT2D eigenvalue weighted by molar-refractivity contribution is -0.137. The van der Waals surface area contributed by atoms with Crippen LogP contribution in [0.25, 0.3) is 0 Å². The number of halogens is 5. The first-order valence-corrected chi connectivity index (χ1v) is 9.09. The van der Waals surface area contributed by atoms with Gasteiger partial charge < -0.3 is 10.2 Å². The summed E-state index contributed by atoms with van der Waals surface area (Å²) in [5.74, 6) is -1.21. The Morgan fingerprint density at radius 2 is 1.82 bits per heavy atom. The molecule has 0 fully saturated rings. The molecule has 0 aliphatic rings. The van der Waals surface area contributed by atoms with Crippen molar-refractivity contribution in [2.75, 3.05) is 18.4 Å². The van der Waals surface area contributed by atoms with Crippen LogP contribution < -0.4 is 5.32 Å². The Hall–Kier alpha value is -2.25. The van der Waals surface area contributed by atoms with Gasteiger partial charge in [0.05, 0.1) is 16.3 Å². The Labute approximate surface area is 170 Å². The second kappa shape index (κ2) is 9.30. The fourth-order valence-corrected chi connectivity index (χ4v) is 2.83. The van der Waals surface area contributed by atoms with E-state index in [-0.39, 0.29) is 29.4 Å². The predicted molar refractivity (Wildman–Crippen MR) is 103 cm³/mol. The van der Waals surface area contributed by atoms with Gasteiger partial charge in [0.1, 0.15) is 6.54 Å². The van der Waals surface area contributed by atoms with Crippen molar-refractivity contribution in [3.63, 3.8) is 0 Å². The molecule has 4 nitrogen and oxygen atoms in total. The first kappa shape index (κ1) is 22.0. The third-order valence-electron chi connectivity index (χ3n) is 3.75. The highest BCUT2D eigenvalue weighted by Gasteiger charge is 2.31. The van der Waals surface area contributed by atoms with Gasteiger partial charge in [-0.1, -0.05) is 36.2 Å². The minimum atomic E-state index is -4.56. The van der Waals surface area contributed by atoms with Crippen LogP contribution in [0.1, 0.15) is 29.3 Å². The van der Waals surface area contributed by atoms with Gasteiger partial charge in [0, 0.05) is 17.1 Å². The van der Waals surface area contributed by atoms with Gasteiger partial charge in [0.15, 0.2) is 0 Å². The highest BCUT2D eigenvalue weighted by molar-refractivity contribution is 6.35. The van der Waals surface area contributed by atoms with Gasteiger partial charge in [-0.2, -0.15) is 13.2 Å². The monoisotopic (exact) mass is 432 g/mol. The molecule has 0 saturated carbocycles. The molecule has 0 unspecified atom stereocenters. The van der Waals surface area contributed by atoms with Crippen molar-refractivity contribution in [2.45, 2.75) is 19.5 Å². The largest absolute Gasteiger partial charge is 0.416 e. The minimum absolute atomic E-state index is 0.142. The number of hydrogen-bond acceptors (Lipinski definition) is 2. The Morgan fingerprint density at radius 1 is 1.11 bits per heavy atom. The topological polar surface area (TPSA) is 49.4 Å². The Bertz CT molecular complexity index is 872. The van der Waals surface area contributed by atoms with Crippen molar-refractivity contribution in [3.8, 4) is 0 Å². The average Bonchev–Trinajstić information content (AvgIpc) is 2.63. The van der Waals surface area contributed by atoms with Crippen LogP contribution in [0.5, 0.6) is 0 Å². The molecule has 2 rings (SSSR count). The number of amides is 2. The molecule has 0 saturated heterocycles. The molecule has 2 aromatic rings. The van der Waals surface area contributed by atoms with E-state index in [9.17, 15) is 22.8 Å². The van der Waals surface area contributed by atoms with E-state index in [0.717, 1.165) is 18.2 Å². The number of hydrogen-bond donors (Lipinski definition) is 1. The highest BCUT2D eigenvalue weighted by Crippen LogP contribution is 2.30. The van der Waals surface area contributed by atoms with E-state index >= 15 is 0 Å². The van der Waals surface area contributed by atoms with E-state index in [0.29, 0.717) is 11.4 Å². The maximum absolute atomic E-state index is 12.9. The standard InChI is InChI=1S/C19H17Cl2F3N2O2/c1-2-8-26(11-17(27)25-16-10-14(20)6-7-15(16)21)18(28)12-4-3-5-13(9-12)19(22,23)24/h3-7,9-10H,2,8,11H2,1H3,(H,25,27). The number of anilines is 1. The van der Waals surface area contributed by atoms with E-state index in [2.05, 4.69) is 5.32 Å². The molecule has 28 heavy (non-hydrogen) atoms. The molecule has 150 valence electrons. The lowest BCUT2D eigenvalue weighted by atomic mass is 10.1. The third kappa shape index (κ3) is 5.87. The number of carbonyl (C=O) groups excluding carboxylic acids is 2. The van der Waals surface area contributed by atoms with E-state index in [1.165, 1.54) is 23.1 Å². The van der Waals surface area contributed by atoms with Crippen molar-refractivity contribution >= 4 is 40.7 Å².